The molecule has 0 N–H and O–H groups in total. The average molecular weight is 1010 g/mol. The van der Waals surface area contributed by atoms with Gasteiger partial charge in [0.2, 0.25) is 0 Å². The molecule has 6 aromatic heterocycles. The minimum absolute atomic E-state index is 1.10. The molecule has 0 atom stereocenters. The Morgan fingerprint density at radius 3 is 1.24 bits per heavy atom. The van der Waals surface area contributed by atoms with E-state index in [0.717, 1.165) is 5.47 Å². The van der Waals surface area contributed by atoms with Gasteiger partial charge in [-0.1, -0.05) is 173 Å². The first-order valence-corrected chi connectivity index (χ1v) is 28.3. The lowest BCUT2D eigenvalue weighted by Gasteiger charge is -2.22. The van der Waals surface area contributed by atoms with Gasteiger partial charge in [0.1, 0.15) is 70.6 Å². The van der Waals surface area contributed by atoms with Gasteiger partial charge in [0.05, 0.1) is 55.2 Å². The third kappa shape index (κ3) is 5.83. The van der Waals surface area contributed by atoms with Crippen LogP contribution in [0, 0.1) is 0 Å². The van der Waals surface area contributed by atoms with Crippen molar-refractivity contribution >= 4 is 231 Å². The minimum Gasteiger partial charge on any atom is -0.323 e. The van der Waals surface area contributed by atoms with Crippen molar-refractivity contribution < 1.29 is 0 Å². The predicted molar refractivity (Wildman–Crippen MR) is 377 cm³/mol. The predicted octanol–water partition coefficient (Wildman–Crippen LogP) is 3.83. The Morgan fingerprint density at radius 2 is 0.725 bits per heavy atom. The fourth-order valence-electron chi connectivity index (χ4n) is 15.0. The van der Waals surface area contributed by atoms with E-state index < -0.39 is 0 Å². The van der Waals surface area contributed by atoms with Crippen LogP contribution < -0.4 is 27.3 Å². The molecule has 0 saturated carbocycles. The molecule has 6 heterocycles. The Hall–Kier alpha value is -8.73. The van der Waals surface area contributed by atoms with Crippen LogP contribution in [-0.2, 0) is 0 Å². The molecule has 0 aliphatic rings. The minimum atomic E-state index is 1.10. The molecule has 364 valence electrons. The Labute approximate surface area is 472 Å². The van der Waals surface area contributed by atoms with E-state index in [1.807, 2.05) is 0 Å². The van der Waals surface area contributed by atoms with Crippen LogP contribution in [0.1, 0.15) is 0 Å². The molecule has 0 fully saturated rings. The summed E-state index contributed by atoms with van der Waals surface area (Å²) in [5, 5.41) is 15.2. The van der Waals surface area contributed by atoms with Crippen molar-refractivity contribution in [2.75, 3.05) is 0 Å². The van der Waals surface area contributed by atoms with Crippen molar-refractivity contribution in [3.8, 4) is 27.9 Å². The monoisotopic (exact) mass is 1010 g/mol. The molecule has 16 rings (SSSR count). The quantitative estimate of drug-likeness (QED) is 0.179. The summed E-state index contributed by atoms with van der Waals surface area (Å²) in [7, 11) is 22.7. The summed E-state index contributed by atoms with van der Waals surface area (Å²) in [5.41, 5.74) is 31.4. The maximum atomic E-state index is 4.35. The highest BCUT2D eigenvalue weighted by atomic mass is 15.0. The van der Waals surface area contributed by atoms with Gasteiger partial charge in [-0.25, -0.2) is 0 Å². The van der Waals surface area contributed by atoms with Crippen LogP contribution in [-0.4, -0.2) is 96.4 Å². The van der Waals surface area contributed by atoms with Crippen LogP contribution in [0.2, 0.25) is 0 Å². The van der Waals surface area contributed by atoms with Gasteiger partial charge >= 0.3 is 0 Å². The second kappa shape index (κ2) is 16.7. The molecule has 14 heteroatoms. The number of allylic oxidation sites excluding steroid dienone is 4. The van der Waals surface area contributed by atoms with E-state index in [4.69, 9.17) is 0 Å². The zero-order valence-corrected chi connectivity index (χ0v) is 47.2. The second-order valence-electron chi connectivity index (χ2n) is 23.1. The molecule has 0 unspecified atom stereocenters. The van der Waals surface area contributed by atoms with Crippen molar-refractivity contribution in [2.45, 2.75) is 0 Å². The second-order valence-corrected chi connectivity index (χ2v) is 23.1. The largest absolute Gasteiger partial charge is 0.323 e. The van der Waals surface area contributed by atoms with Gasteiger partial charge in [-0.3, -0.25) is 0 Å². The molecule has 16 aromatic rings. The molecule has 4 nitrogen and oxygen atoms in total. The van der Waals surface area contributed by atoms with Crippen LogP contribution in [0.15, 0.2) is 198 Å². The molecule has 0 radical (unpaired) electrons. The fraction of sp³-hybridized carbons (Fsp3) is 0. The van der Waals surface area contributed by atoms with Gasteiger partial charge in [0.25, 0.3) is 0 Å². The topological polar surface area (TPSA) is 18.7 Å². The SMILES string of the molecule is BC(=C)/C(B)=C(B)\C(B)=C(/B)n1c2ccccc2c2ccc3c(c4cccc5c6c(-c7ccccc7)c7c(c(-c8ccccc8)c6n3c54)c3cccc4c5c6c(ccc5n7c34)c3ccccc3n6-c3c(B)c(B)c(B)c(B)c3B)c21. The number of rotatable bonds is 6. The number of nitrogens with zero attached hydrogens (tertiary/aromatic N) is 4. The molecule has 0 bridgehead atoms. The van der Waals surface area contributed by atoms with E-state index in [1.54, 1.807) is 0 Å². The maximum Gasteiger partial charge on any atom is 0.160 e. The Kier molecular flexibility index (Phi) is 9.85. The van der Waals surface area contributed by atoms with Crippen molar-refractivity contribution in [3.63, 3.8) is 0 Å². The molecular formula is C66H50B10N4. The third-order valence-electron chi connectivity index (χ3n) is 19.6. The van der Waals surface area contributed by atoms with Crippen LogP contribution in [0.25, 0.3) is 153 Å². The lowest BCUT2D eigenvalue weighted by atomic mass is 9.61. The molecule has 0 aliphatic heterocycles. The van der Waals surface area contributed by atoms with E-state index in [1.165, 1.54) is 197 Å². The first kappa shape index (κ1) is 47.3. The van der Waals surface area contributed by atoms with Gasteiger partial charge in [-0.15, -0.1) is 28.5 Å². The Balaban J connectivity index is 1.15. The maximum absolute atomic E-state index is 4.35. The zero-order chi connectivity index (χ0) is 54.5. The van der Waals surface area contributed by atoms with E-state index in [0.29, 0.717) is 0 Å². The number of benzene rings is 10. The lowest BCUT2D eigenvalue weighted by Crippen LogP contribution is -2.56. The van der Waals surface area contributed by atoms with Gasteiger partial charge in [-0.2, -0.15) is 0 Å². The van der Waals surface area contributed by atoms with Crippen molar-refractivity contribution in [2.24, 2.45) is 0 Å². The fourth-order valence-corrected chi connectivity index (χ4v) is 15.0. The first-order chi connectivity index (χ1) is 38.9. The Bertz CT molecular complexity index is 5520. The summed E-state index contributed by atoms with van der Waals surface area (Å²) < 4.78 is 10.5. The van der Waals surface area contributed by atoms with Gasteiger partial charge in [0, 0.05) is 81.4 Å². The van der Waals surface area contributed by atoms with E-state index in [-0.39, 0.29) is 0 Å². The van der Waals surface area contributed by atoms with Crippen LogP contribution >= 0.6 is 0 Å². The van der Waals surface area contributed by atoms with Gasteiger partial charge < -0.3 is 17.9 Å². The summed E-state index contributed by atoms with van der Waals surface area (Å²) in [5.74, 6) is 0. The third-order valence-corrected chi connectivity index (χ3v) is 19.6. The number of fused-ring (bicyclic) bond motifs is 20. The van der Waals surface area contributed by atoms with Crippen molar-refractivity contribution in [1.29, 1.82) is 0 Å². The number of aromatic nitrogens is 4. The normalized spacial score (nSPS) is 13.2. The van der Waals surface area contributed by atoms with Crippen LogP contribution in [0.4, 0.5) is 0 Å². The number of para-hydroxylation sites is 4. The Morgan fingerprint density at radius 1 is 0.312 bits per heavy atom. The zero-order valence-electron chi connectivity index (χ0n) is 47.2. The van der Waals surface area contributed by atoms with Gasteiger partial charge in [-0.05, 0) is 41.0 Å². The highest BCUT2D eigenvalue weighted by Gasteiger charge is 2.33. The molecular weight excluding hydrogens is 957 g/mol. The van der Waals surface area contributed by atoms with Crippen LogP contribution in [0.3, 0.4) is 0 Å². The lowest BCUT2D eigenvalue weighted by molar-refractivity contribution is 1.22. The molecule has 0 aliphatic carbocycles. The van der Waals surface area contributed by atoms with Crippen molar-refractivity contribution in [1.82, 2.24) is 17.9 Å². The molecule has 0 amide bonds. The highest BCUT2D eigenvalue weighted by molar-refractivity contribution is 6.68. The molecule has 0 saturated heterocycles. The molecule has 10 aromatic carbocycles. The van der Waals surface area contributed by atoms with Crippen molar-refractivity contribution in [3.05, 3.63) is 198 Å². The van der Waals surface area contributed by atoms with E-state index in [2.05, 4.69) is 273 Å². The first-order valence-electron chi connectivity index (χ1n) is 28.3. The standard InChI is InChI=1S/C66H50B10N4/c1-30(67)51(68)52(69)58(75)66(76)80-42-25-11-9-19-34(42)36-27-29-44-48(62(36)80)38-21-13-23-40-50-45(31-14-4-2-5-15-31)63-49(46(32-16-6-3-7-17-32)64(50)79(44)60(38)40)39-22-12-20-37-47-43(78(63)59(37)39)28-26-35-33-18-8-10-24-41(33)77(61(35)47)65-56(73)54(71)53(70)55(72)57(65)74/h2-29H,1,67-76H2/b52-51-,66-58-. The number of hydrogen-bond donors (Lipinski definition) is 0. The van der Waals surface area contributed by atoms with Gasteiger partial charge in [0.15, 0.2) is 7.85 Å². The molecule has 80 heavy (non-hydrogen) atoms. The molecule has 0 spiro atoms. The summed E-state index contributed by atoms with van der Waals surface area (Å²) in [4.78, 5) is 0. The van der Waals surface area contributed by atoms with Crippen LogP contribution in [0.5, 0.6) is 0 Å². The number of hydrogen-bond acceptors (Lipinski definition) is 0. The summed E-state index contributed by atoms with van der Waals surface area (Å²) in [6.45, 7) is 4.35. The summed E-state index contributed by atoms with van der Waals surface area (Å²) in [6, 6.07) is 64.5. The van der Waals surface area contributed by atoms with E-state index in [9.17, 15) is 0 Å². The average Bonchev–Trinajstić information content (AvgIpc) is 2.14. The van der Waals surface area contributed by atoms with E-state index >= 15 is 0 Å². The highest BCUT2D eigenvalue weighted by Crippen LogP contribution is 2.55. The summed E-state index contributed by atoms with van der Waals surface area (Å²) >= 11 is 0. The summed E-state index contributed by atoms with van der Waals surface area (Å²) in [6.07, 6.45) is 0. The smallest absolute Gasteiger partial charge is 0.160 e.